The number of ether oxygens (including phenoxy) is 1. The molecule has 1 saturated heterocycles. The first-order chi connectivity index (χ1) is 13.5. The maximum absolute atomic E-state index is 12.8. The minimum Gasteiger partial charge on any atom is -0.449 e. The molecule has 0 unspecified atom stereocenters. The van der Waals surface area contributed by atoms with Crippen LogP contribution in [0.2, 0.25) is 5.02 Å². The van der Waals surface area contributed by atoms with E-state index in [1.54, 1.807) is 30.3 Å². The first kappa shape index (κ1) is 19.6. The van der Waals surface area contributed by atoms with Crippen LogP contribution in [-0.2, 0) is 14.3 Å². The van der Waals surface area contributed by atoms with Crippen LogP contribution >= 0.6 is 11.6 Å². The van der Waals surface area contributed by atoms with Gasteiger partial charge in [-0.3, -0.25) is 9.69 Å². The summed E-state index contributed by atoms with van der Waals surface area (Å²) in [5.41, 5.74) is 1.70. The third-order valence-electron chi connectivity index (χ3n) is 4.24. The normalized spacial score (nSPS) is 15.1. The molecule has 0 saturated carbocycles. The first-order valence-electron chi connectivity index (χ1n) is 8.78. The maximum Gasteiger partial charge on any atom is 0.339 e. The summed E-state index contributed by atoms with van der Waals surface area (Å²) in [5, 5.41) is 3.09. The van der Waals surface area contributed by atoms with Crippen LogP contribution in [0.5, 0.6) is 0 Å². The SMILES string of the molecule is C[C@@H](OC(=O)/C(=C/c1ccccc1)c1ccc(Cl)cc1)C(=O)N1CCNC1=O. The van der Waals surface area contributed by atoms with Gasteiger partial charge in [-0.05, 0) is 36.3 Å². The molecule has 28 heavy (non-hydrogen) atoms. The van der Waals surface area contributed by atoms with Crippen LogP contribution in [0, 0.1) is 0 Å². The number of nitrogens with one attached hydrogen (secondary N) is 1. The van der Waals surface area contributed by atoms with Crippen molar-refractivity contribution >= 4 is 41.2 Å². The number of nitrogens with zero attached hydrogens (tertiary/aromatic N) is 1. The number of carbonyl (C=O) groups is 3. The van der Waals surface area contributed by atoms with Gasteiger partial charge in [-0.2, -0.15) is 0 Å². The lowest BCUT2D eigenvalue weighted by atomic mass is 10.0. The second kappa shape index (κ2) is 8.71. The topological polar surface area (TPSA) is 75.7 Å². The molecule has 0 spiro atoms. The lowest BCUT2D eigenvalue weighted by Crippen LogP contribution is -2.41. The summed E-state index contributed by atoms with van der Waals surface area (Å²) in [6.45, 7) is 2.09. The zero-order chi connectivity index (χ0) is 20.1. The van der Waals surface area contributed by atoms with Crippen molar-refractivity contribution in [3.63, 3.8) is 0 Å². The van der Waals surface area contributed by atoms with E-state index in [1.807, 2.05) is 30.3 Å². The van der Waals surface area contributed by atoms with Crippen LogP contribution in [0.25, 0.3) is 11.6 Å². The van der Waals surface area contributed by atoms with Crippen LogP contribution in [-0.4, -0.2) is 42.0 Å². The van der Waals surface area contributed by atoms with Gasteiger partial charge >= 0.3 is 12.0 Å². The zero-order valence-electron chi connectivity index (χ0n) is 15.2. The Bertz CT molecular complexity index is 910. The van der Waals surface area contributed by atoms with E-state index in [2.05, 4.69) is 5.32 Å². The van der Waals surface area contributed by atoms with Gasteiger partial charge in [-0.1, -0.05) is 54.1 Å². The monoisotopic (exact) mass is 398 g/mol. The molecule has 7 heteroatoms. The van der Waals surface area contributed by atoms with Crippen molar-refractivity contribution in [2.75, 3.05) is 13.1 Å². The third-order valence-corrected chi connectivity index (χ3v) is 4.49. The molecule has 1 heterocycles. The average Bonchev–Trinajstić information content (AvgIpc) is 3.13. The van der Waals surface area contributed by atoms with Crippen molar-refractivity contribution in [3.05, 3.63) is 70.7 Å². The molecular weight excluding hydrogens is 380 g/mol. The molecule has 3 amide bonds. The van der Waals surface area contributed by atoms with Crippen LogP contribution in [0.15, 0.2) is 54.6 Å². The molecular formula is C21H19ClN2O4. The second-order valence-electron chi connectivity index (χ2n) is 6.24. The quantitative estimate of drug-likeness (QED) is 0.476. The molecule has 1 aliphatic rings. The molecule has 144 valence electrons. The molecule has 1 N–H and O–H groups in total. The fourth-order valence-electron chi connectivity index (χ4n) is 2.78. The molecule has 2 aromatic rings. The predicted octanol–water partition coefficient (Wildman–Crippen LogP) is 3.36. The lowest BCUT2D eigenvalue weighted by Gasteiger charge is -2.19. The van der Waals surface area contributed by atoms with Crippen molar-refractivity contribution in [3.8, 4) is 0 Å². The molecule has 0 aliphatic carbocycles. The summed E-state index contributed by atoms with van der Waals surface area (Å²) in [6.07, 6.45) is 0.591. The molecule has 6 nitrogen and oxygen atoms in total. The van der Waals surface area contributed by atoms with Gasteiger partial charge in [0.2, 0.25) is 0 Å². The summed E-state index contributed by atoms with van der Waals surface area (Å²) in [5.74, 6) is -1.22. The second-order valence-corrected chi connectivity index (χ2v) is 6.68. The van der Waals surface area contributed by atoms with Crippen LogP contribution < -0.4 is 5.32 Å². The highest BCUT2D eigenvalue weighted by Crippen LogP contribution is 2.23. The van der Waals surface area contributed by atoms with Crippen molar-refractivity contribution < 1.29 is 19.1 Å². The van der Waals surface area contributed by atoms with Crippen molar-refractivity contribution in [1.82, 2.24) is 10.2 Å². The minimum atomic E-state index is -1.09. The fourth-order valence-corrected chi connectivity index (χ4v) is 2.91. The van der Waals surface area contributed by atoms with Crippen molar-refractivity contribution in [1.29, 1.82) is 0 Å². The number of urea groups is 1. The van der Waals surface area contributed by atoms with Gasteiger partial charge in [0, 0.05) is 18.1 Å². The van der Waals surface area contributed by atoms with Crippen LogP contribution in [0.1, 0.15) is 18.1 Å². The van der Waals surface area contributed by atoms with Crippen molar-refractivity contribution in [2.24, 2.45) is 0 Å². The number of rotatable bonds is 5. The molecule has 1 atom stereocenters. The standard InChI is InChI=1S/C21H19ClN2O4/c1-14(19(25)24-12-11-23-21(24)27)28-20(26)18(13-15-5-3-2-4-6-15)16-7-9-17(22)10-8-16/h2-10,13-14H,11-12H2,1H3,(H,23,27)/b18-13+/t14-/m1/s1. The van der Waals surface area contributed by atoms with Gasteiger partial charge in [0.1, 0.15) is 0 Å². The first-order valence-corrected chi connectivity index (χ1v) is 9.16. The van der Waals surface area contributed by atoms with Crippen LogP contribution in [0.4, 0.5) is 4.79 Å². The van der Waals surface area contributed by atoms with Gasteiger partial charge in [-0.15, -0.1) is 0 Å². The predicted molar refractivity (Wildman–Crippen MR) is 106 cm³/mol. The number of hydrogen-bond donors (Lipinski definition) is 1. The molecule has 0 radical (unpaired) electrons. The number of imide groups is 1. The zero-order valence-corrected chi connectivity index (χ0v) is 16.0. The fraction of sp³-hybridized carbons (Fsp3) is 0.190. The average molecular weight is 399 g/mol. The minimum absolute atomic E-state index is 0.253. The van der Waals surface area contributed by atoms with E-state index in [0.29, 0.717) is 17.1 Å². The third kappa shape index (κ3) is 4.58. The van der Waals surface area contributed by atoms with Gasteiger partial charge in [0.05, 0.1) is 5.57 Å². The maximum atomic E-state index is 12.8. The van der Waals surface area contributed by atoms with E-state index in [1.165, 1.54) is 6.92 Å². The Balaban J connectivity index is 1.84. The Kier molecular flexibility index (Phi) is 6.11. The number of esters is 1. The highest BCUT2D eigenvalue weighted by atomic mass is 35.5. The lowest BCUT2D eigenvalue weighted by molar-refractivity contribution is -0.152. The van der Waals surface area contributed by atoms with E-state index in [9.17, 15) is 14.4 Å². The van der Waals surface area contributed by atoms with E-state index >= 15 is 0 Å². The summed E-state index contributed by atoms with van der Waals surface area (Å²) in [4.78, 5) is 38.0. The van der Waals surface area contributed by atoms with E-state index in [4.69, 9.17) is 16.3 Å². The smallest absolute Gasteiger partial charge is 0.339 e. The van der Waals surface area contributed by atoms with Gasteiger partial charge in [0.25, 0.3) is 5.91 Å². The highest BCUT2D eigenvalue weighted by molar-refractivity contribution is 6.30. The summed E-state index contributed by atoms with van der Waals surface area (Å²) < 4.78 is 5.38. The Labute approximate surface area is 167 Å². The summed E-state index contributed by atoms with van der Waals surface area (Å²) in [7, 11) is 0. The number of carbonyl (C=O) groups excluding carboxylic acids is 3. The van der Waals surface area contributed by atoms with Gasteiger partial charge in [0.15, 0.2) is 6.10 Å². The molecule has 1 aliphatic heterocycles. The van der Waals surface area contributed by atoms with Crippen LogP contribution in [0.3, 0.4) is 0 Å². The van der Waals surface area contributed by atoms with Crippen molar-refractivity contribution in [2.45, 2.75) is 13.0 Å². The summed E-state index contributed by atoms with van der Waals surface area (Å²) in [6, 6.07) is 15.6. The number of amides is 3. The molecule has 3 rings (SSSR count). The van der Waals surface area contributed by atoms with Gasteiger partial charge < -0.3 is 10.1 Å². The molecule has 2 aromatic carbocycles. The Hall–Kier alpha value is -3.12. The summed E-state index contributed by atoms with van der Waals surface area (Å²) >= 11 is 5.94. The molecule has 0 aromatic heterocycles. The Morgan fingerprint density at radius 3 is 2.43 bits per heavy atom. The largest absolute Gasteiger partial charge is 0.449 e. The highest BCUT2D eigenvalue weighted by Gasteiger charge is 2.32. The molecule has 1 fully saturated rings. The van der Waals surface area contributed by atoms with Gasteiger partial charge in [-0.25, -0.2) is 9.59 Å². The number of halogens is 1. The number of hydrogen-bond acceptors (Lipinski definition) is 4. The molecule has 0 bridgehead atoms. The Morgan fingerprint density at radius 2 is 1.82 bits per heavy atom. The van der Waals surface area contributed by atoms with E-state index in [-0.39, 0.29) is 12.1 Å². The number of benzene rings is 2. The Morgan fingerprint density at radius 1 is 1.14 bits per heavy atom. The van der Waals surface area contributed by atoms with E-state index in [0.717, 1.165) is 10.5 Å². The van der Waals surface area contributed by atoms with E-state index < -0.39 is 24.0 Å².